The van der Waals surface area contributed by atoms with Gasteiger partial charge in [-0.15, -0.1) is 0 Å². The van der Waals surface area contributed by atoms with Crippen molar-refractivity contribution in [2.45, 2.75) is 37.6 Å². The largest absolute Gasteiger partial charge is 0.465 e. The molecule has 1 heterocycles. The van der Waals surface area contributed by atoms with Gasteiger partial charge >= 0.3 is 6.09 Å². The summed E-state index contributed by atoms with van der Waals surface area (Å²) < 4.78 is 42.3. The van der Waals surface area contributed by atoms with Crippen LogP contribution in [0.1, 0.15) is 25.8 Å². The first-order chi connectivity index (χ1) is 10.1. The lowest BCUT2D eigenvalue weighted by atomic mass is 9.77. The molecule has 1 fully saturated rings. The van der Waals surface area contributed by atoms with Crippen molar-refractivity contribution in [3.8, 4) is 0 Å². The van der Waals surface area contributed by atoms with Gasteiger partial charge in [0.1, 0.15) is 12.0 Å². The molecule has 0 radical (unpaired) electrons. The summed E-state index contributed by atoms with van der Waals surface area (Å²) in [4.78, 5) is 22.4. The van der Waals surface area contributed by atoms with Crippen molar-refractivity contribution in [2.75, 3.05) is 5.32 Å². The lowest BCUT2D eigenvalue weighted by molar-refractivity contribution is -0.142. The van der Waals surface area contributed by atoms with Crippen LogP contribution in [0.2, 0.25) is 0 Å². The number of halogens is 3. The molecule has 0 aliphatic carbocycles. The fourth-order valence-corrected chi connectivity index (χ4v) is 2.44. The average Bonchev–Trinajstić information content (AvgIpc) is 2.38. The third-order valence-corrected chi connectivity index (χ3v) is 3.81. The number of hydrogen-bond acceptors (Lipinski definition) is 2. The molecule has 0 spiro atoms. The van der Waals surface area contributed by atoms with E-state index < -0.39 is 41.6 Å². The standard InChI is InChI=1S/C14H15F3N2O3/c1-13(17)6-10(16)14(2,19-11(13)20)8-5-7(18-12(21)22)3-4-9(8)15/h3-5,10,18H,6H2,1-2H3,(H,19,20)(H,21,22)/t10-,13-,14+/m0/s1. The number of carbonyl (C=O) groups excluding carboxylic acids is 1. The van der Waals surface area contributed by atoms with Gasteiger partial charge in [-0.1, -0.05) is 0 Å². The summed E-state index contributed by atoms with van der Waals surface area (Å²) in [6, 6.07) is 3.19. The minimum atomic E-state index is -2.38. The number of hydrogen-bond donors (Lipinski definition) is 3. The molecule has 1 aromatic rings. The van der Waals surface area contributed by atoms with Gasteiger partial charge < -0.3 is 10.4 Å². The van der Waals surface area contributed by atoms with Gasteiger partial charge in [0.2, 0.25) is 0 Å². The molecule has 5 nitrogen and oxygen atoms in total. The number of nitrogens with one attached hydrogen (secondary N) is 2. The average molecular weight is 316 g/mol. The number of carboxylic acid groups (broad SMARTS) is 1. The Kier molecular flexibility index (Phi) is 3.80. The molecule has 1 aliphatic heterocycles. The van der Waals surface area contributed by atoms with Gasteiger partial charge in [-0.2, -0.15) is 0 Å². The molecule has 1 aromatic carbocycles. The topological polar surface area (TPSA) is 78.4 Å². The fourth-order valence-electron chi connectivity index (χ4n) is 2.44. The smallest absolute Gasteiger partial charge is 0.409 e. The molecule has 22 heavy (non-hydrogen) atoms. The first-order valence-electron chi connectivity index (χ1n) is 6.52. The number of anilines is 1. The second-order valence-corrected chi connectivity index (χ2v) is 5.65. The molecule has 0 aromatic heterocycles. The molecule has 8 heteroatoms. The van der Waals surface area contributed by atoms with Crippen LogP contribution in [0.15, 0.2) is 18.2 Å². The maximum Gasteiger partial charge on any atom is 0.409 e. The summed E-state index contributed by atoms with van der Waals surface area (Å²) in [6.07, 6.45) is -3.97. The lowest BCUT2D eigenvalue weighted by Crippen LogP contribution is -2.62. The van der Waals surface area contributed by atoms with E-state index in [4.69, 9.17) is 5.11 Å². The Labute approximate surface area is 124 Å². The van der Waals surface area contributed by atoms with E-state index in [1.165, 1.54) is 6.92 Å². The Bertz CT molecular complexity index is 636. The molecule has 0 bridgehead atoms. The first kappa shape index (κ1) is 16.1. The molecular formula is C14H15F3N2O3. The van der Waals surface area contributed by atoms with Gasteiger partial charge in [0.15, 0.2) is 5.67 Å². The van der Waals surface area contributed by atoms with E-state index in [9.17, 15) is 22.8 Å². The highest BCUT2D eigenvalue weighted by atomic mass is 19.2. The molecule has 2 amide bonds. The minimum absolute atomic E-state index is 0.0140. The van der Waals surface area contributed by atoms with Crippen LogP contribution in [-0.4, -0.2) is 28.9 Å². The van der Waals surface area contributed by atoms with E-state index in [0.717, 1.165) is 25.1 Å². The molecule has 3 atom stereocenters. The zero-order chi connectivity index (χ0) is 16.7. The summed E-state index contributed by atoms with van der Waals surface area (Å²) in [5.41, 5.74) is -4.41. The highest BCUT2D eigenvalue weighted by molar-refractivity contribution is 5.87. The van der Waals surface area contributed by atoms with Gasteiger partial charge in [0, 0.05) is 17.7 Å². The van der Waals surface area contributed by atoms with Crippen molar-refractivity contribution in [3.63, 3.8) is 0 Å². The van der Waals surface area contributed by atoms with Crippen LogP contribution in [0.25, 0.3) is 0 Å². The van der Waals surface area contributed by atoms with Gasteiger partial charge in [-0.3, -0.25) is 10.1 Å². The highest BCUT2D eigenvalue weighted by Crippen LogP contribution is 2.39. The zero-order valence-corrected chi connectivity index (χ0v) is 11.9. The predicted molar refractivity (Wildman–Crippen MR) is 72.6 cm³/mol. The van der Waals surface area contributed by atoms with Crippen LogP contribution in [-0.2, 0) is 10.3 Å². The SMILES string of the molecule is C[C@]1(F)C[C@H](F)[C@@](C)(c2cc(NC(=O)O)ccc2F)NC1=O. The maximum absolute atomic E-state index is 14.4. The van der Waals surface area contributed by atoms with Crippen LogP contribution < -0.4 is 10.6 Å². The second-order valence-electron chi connectivity index (χ2n) is 5.65. The molecule has 2 rings (SSSR count). The van der Waals surface area contributed by atoms with E-state index in [2.05, 4.69) is 5.32 Å². The molecule has 1 aliphatic rings. The number of alkyl halides is 2. The van der Waals surface area contributed by atoms with Crippen LogP contribution >= 0.6 is 0 Å². The molecule has 0 unspecified atom stereocenters. The fraction of sp³-hybridized carbons (Fsp3) is 0.429. The van der Waals surface area contributed by atoms with E-state index in [0.29, 0.717) is 0 Å². The second kappa shape index (κ2) is 5.19. The monoisotopic (exact) mass is 316 g/mol. The van der Waals surface area contributed by atoms with Crippen molar-refractivity contribution in [3.05, 3.63) is 29.6 Å². The van der Waals surface area contributed by atoms with Gasteiger partial charge in [-0.05, 0) is 32.0 Å². The van der Waals surface area contributed by atoms with E-state index >= 15 is 0 Å². The van der Waals surface area contributed by atoms with Crippen molar-refractivity contribution >= 4 is 17.7 Å². The van der Waals surface area contributed by atoms with E-state index in [1.54, 1.807) is 0 Å². The minimum Gasteiger partial charge on any atom is -0.465 e. The van der Waals surface area contributed by atoms with Crippen molar-refractivity contribution in [1.29, 1.82) is 0 Å². The van der Waals surface area contributed by atoms with Crippen LogP contribution in [0.3, 0.4) is 0 Å². The van der Waals surface area contributed by atoms with Crippen LogP contribution in [0, 0.1) is 5.82 Å². The molecule has 3 N–H and O–H groups in total. The Morgan fingerprint density at radius 3 is 2.68 bits per heavy atom. The van der Waals surface area contributed by atoms with Gasteiger partial charge in [0.25, 0.3) is 5.91 Å². The summed E-state index contributed by atoms with van der Waals surface area (Å²) in [7, 11) is 0. The highest BCUT2D eigenvalue weighted by Gasteiger charge is 2.52. The number of piperidine rings is 1. The Hall–Kier alpha value is -2.25. The summed E-state index contributed by atoms with van der Waals surface area (Å²) in [5.74, 6) is -1.87. The van der Waals surface area contributed by atoms with Gasteiger partial charge in [-0.25, -0.2) is 18.0 Å². The Balaban J connectivity index is 2.45. The summed E-state index contributed by atoms with van der Waals surface area (Å²) >= 11 is 0. The van der Waals surface area contributed by atoms with Crippen LogP contribution in [0.5, 0.6) is 0 Å². The lowest BCUT2D eigenvalue weighted by Gasteiger charge is -2.42. The first-order valence-corrected chi connectivity index (χ1v) is 6.52. The maximum atomic E-state index is 14.4. The van der Waals surface area contributed by atoms with Gasteiger partial charge in [0.05, 0.1) is 5.54 Å². The molecule has 120 valence electrons. The third kappa shape index (κ3) is 2.72. The number of rotatable bonds is 2. The van der Waals surface area contributed by atoms with Crippen molar-refractivity contribution < 1.29 is 27.9 Å². The quantitative estimate of drug-likeness (QED) is 0.785. The summed E-state index contributed by atoms with van der Waals surface area (Å²) in [5, 5.41) is 12.8. The molecular weight excluding hydrogens is 301 g/mol. The van der Waals surface area contributed by atoms with Crippen molar-refractivity contribution in [1.82, 2.24) is 5.32 Å². The Morgan fingerprint density at radius 1 is 1.45 bits per heavy atom. The third-order valence-electron chi connectivity index (χ3n) is 3.81. The normalized spacial score (nSPS) is 31.5. The van der Waals surface area contributed by atoms with E-state index in [1.807, 2.05) is 5.32 Å². The zero-order valence-electron chi connectivity index (χ0n) is 11.9. The molecule has 0 saturated carbocycles. The number of carbonyl (C=O) groups is 2. The van der Waals surface area contributed by atoms with Crippen LogP contribution in [0.4, 0.5) is 23.7 Å². The predicted octanol–water partition coefficient (Wildman–Crippen LogP) is 2.72. The van der Waals surface area contributed by atoms with E-state index in [-0.39, 0.29) is 11.3 Å². The Morgan fingerprint density at radius 2 is 2.09 bits per heavy atom. The number of benzene rings is 1. The molecule has 1 saturated heterocycles. The van der Waals surface area contributed by atoms with Crippen molar-refractivity contribution in [2.24, 2.45) is 0 Å². The summed E-state index contributed by atoms with van der Waals surface area (Å²) in [6.45, 7) is 2.18. The number of amides is 2.